The predicted molar refractivity (Wildman–Crippen MR) is 70.2 cm³/mol. The molecule has 1 aliphatic carbocycles. The minimum absolute atomic E-state index is 0.529. The zero-order chi connectivity index (χ0) is 12.3. The average molecular weight is 234 g/mol. The molecule has 4 nitrogen and oxygen atoms in total. The van der Waals surface area contributed by atoms with Crippen molar-refractivity contribution in [3.8, 4) is 0 Å². The van der Waals surface area contributed by atoms with E-state index in [-0.39, 0.29) is 0 Å². The molecule has 0 amide bonds. The second-order valence-corrected chi connectivity index (χ2v) is 4.96. The lowest BCUT2D eigenvalue weighted by atomic mass is 9.91. The van der Waals surface area contributed by atoms with Crippen LogP contribution in [0.5, 0.6) is 0 Å². The lowest BCUT2D eigenvalue weighted by molar-refractivity contribution is 0.370. The zero-order valence-electron chi connectivity index (χ0n) is 11.0. The van der Waals surface area contributed by atoms with Gasteiger partial charge in [0.1, 0.15) is 0 Å². The molecule has 17 heavy (non-hydrogen) atoms. The molecule has 1 saturated carbocycles. The highest BCUT2D eigenvalue weighted by Gasteiger charge is 2.20. The second kappa shape index (κ2) is 5.45. The minimum Gasteiger partial charge on any atom is -0.351 e. The molecule has 2 rings (SSSR count). The molecule has 1 heterocycles. The van der Waals surface area contributed by atoms with Crippen molar-refractivity contribution in [3.63, 3.8) is 0 Å². The van der Waals surface area contributed by atoms with Crippen LogP contribution in [0, 0.1) is 13.8 Å². The number of hydrogen-bond acceptors (Lipinski definition) is 4. The molecule has 0 aromatic carbocycles. The Morgan fingerprint density at radius 3 is 2.06 bits per heavy atom. The highest BCUT2D eigenvalue weighted by molar-refractivity contribution is 5.29. The Bertz CT molecular complexity index is 349. The molecule has 0 bridgehead atoms. The number of nitrogens with one attached hydrogen (secondary N) is 2. The fourth-order valence-corrected chi connectivity index (χ4v) is 2.50. The third kappa shape index (κ3) is 3.40. The number of rotatable bonds is 3. The SMILES string of the molecule is CNC1CCC(Nc2nc(C)cc(C)n2)CC1. The molecule has 1 aromatic rings. The van der Waals surface area contributed by atoms with Crippen molar-refractivity contribution in [2.24, 2.45) is 0 Å². The van der Waals surface area contributed by atoms with Crippen LogP contribution < -0.4 is 10.6 Å². The van der Waals surface area contributed by atoms with Gasteiger partial charge in [-0.3, -0.25) is 0 Å². The van der Waals surface area contributed by atoms with E-state index in [1.165, 1.54) is 25.7 Å². The quantitative estimate of drug-likeness (QED) is 0.840. The summed E-state index contributed by atoms with van der Waals surface area (Å²) in [6.07, 6.45) is 4.86. The monoisotopic (exact) mass is 234 g/mol. The van der Waals surface area contributed by atoms with E-state index < -0.39 is 0 Å². The van der Waals surface area contributed by atoms with Crippen molar-refractivity contribution in [1.82, 2.24) is 15.3 Å². The first kappa shape index (κ1) is 12.3. The highest BCUT2D eigenvalue weighted by atomic mass is 15.1. The molecular weight excluding hydrogens is 212 g/mol. The minimum atomic E-state index is 0.529. The molecular formula is C13H22N4. The van der Waals surface area contributed by atoms with E-state index in [4.69, 9.17) is 0 Å². The normalized spacial score (nSPS) is 24.6. The van der Waals surface area contributed by atoms with Crippen molar-refractivity contribution in [2.45, 2.75) is 51.6 Å². The summed E-state index contributed by atoms with van der Waals surface area (Å²) in [5.74, 6) is 0.787. The van der Waals surface area contributed by atoms with Gasteiger partial charge in [0.25, 0.3) is 0 Å². The van der Waals surface area contributed by atoms with Gasteiger partial charge in [-0.2, -0.15) is 0 Å². The smallest absolute Gasteiger partial charge is 0.223 e. The maximum atomic E-state index is 4.43. The molecule has 2 N–H and O–H groups in total. The van der Waals surface area contributed by atoms with Gasteiger partial charge in [0.15, 0.2) is 0 Å². The number of nitrogens with zero attached hydrogens (tertiary/aromatic N) is 2. The summed E-state index contributed by atoms with van der Waals surface area (Å²) in [6, 6.07) is 3.22. The lowest BCUT2D eigenvalue weighted by Gasteiger charge is -2.28. The van der Waals surface area contributed by atoms with E-state index in [0.717, 1.165) is 17.3 Å². The fourth-order valence-electron chi connectivity index (χ4n) is 2.50. The second-order valence-electron chi connectivity index (χ2n) is 4.96. The van der Waals surface area contributed by atoms with Crippen molar-refractivity contribution in [1.29, 1.82) is 0 Å². The van der Waals surface area contributed by atoms with Crippen LogP contribution in [-0.4, -0.2) is 29.1 Å². The first-order valence-corrected chi connectivity index (χ1v) is 6.43. The number of aryl methyl sites for hydroxylation is 2. The molecule has 0 saturated heterocycles. The highest BCUT2D eigenvalue weighted by Crippen LogP contribution is 2.20. The Morgan fingerprint density at radius 2 is 1.53 bits per heavy atom. The topological polar surface area (TPSA) is 49.8 Å². The van der Waals surface area contributed by atoms with E-state index in [1.807, 2.05) is 27.0 Å². The summed E-state index contributed by atoms with van der Waals surface area (Å²) in [5.41, 5.74) is 2.06. The van der Waals surface area contributed by atoms with Crippen LogP contribution in [0.3, 0.4) is 0 Å². The van der Waals surface area contributed by atoms with Gasteiger partial charge in [0, 0.05) is 23.5 Å². The average Bonchev–Trinajstić information content (AvgIpc) is 2.28. The first-order valence-electron chi connectivity index (χ1n) is 6.43. The van der Waals surface area contributed by atoms with E-state index in [9.17, 15) is 0 Å². The maximum absolute atomic E-state index is 4.43. The third-order valence-electron chi connectivity index (χ3n) is 3.45. The third-order valence-corrected chi connectivity index (χ3v) is 3.45. The van der Waals surface area contributed by atoms with Crippen molar-refractivity contribution < 1.29 is 0 Å². The Morgan fingerprint density at radius 1 is 1.00 bits per heavy atom. The van der Waals surface area contributed by atoms with Gasteiger partial charge in [-0.15, -0.1) is 0 Å². The molecule has 0 spiro atoms. The van der Waals surface area contributed by atoms with Crippen molar-refractivity contribution in [3.05, 3.63) is 17.5 Å². The van der Waals surface area contributed by atoms with Gasteiger partial charge in [-0.25, -0.2) is 9.97 Å². The van der Waals surface area contributed by atoms with Crippen LogP contribution in [0.2, 0.25) is 0 Å². The molecule has 1 aromatic heterocycles. The van der Waals surface area contributed by atoms with Gasteiger partial charge >= 0.3 is 0 Å². The summed E-state index contributed by atoms with van der Waals surface area (Å²) in [4.78, 5) is 8.86. The number of anilines is 1. The van der Waals surface area contributed by atoms with Crippen molar-refractivity contribution in [2.75, 3.05) is 12.4 Å². The Kier molecular flexibility index (Phi) is 3.94. The Labute approximate surface area is 103 Å². The molecule has 0 radical (unpaired) electrons. The van der Waals surface area contributed by atoms with Crippen LogP contribution in [0.25, 0.3) is 0 Å². The summed E-state index contributed by atoms with van der Waals surface area (Å²) in [5, 5.41) is 6.80. The molecule has 1 fully saturated rings. The summed E-state index contributed by atoms with van der Waals surface area (Å²) < 4.78 is 0. The summed E-state index contributed by atoms with van der Waals surface area (Å²) >= 11 is 0. The van der Waals surface area contributed by atoms with Crippen LogP contribution in [0.4, 0.5) is 5.95 Å². The van der Waals surface area contributed by atoms with E-state index in [2.05, 4.69) is 20.6 Å². The number of aromatic nitrogens is 2. The van der Waals surface area contributed by atoms with Crippen LogP contribution >= 0.6 is 0 Å². The van der Waals surface area contributed by atoms with E-state index in [1.54, 1.807) is 0 Å². The Hall–Kier alpha value is -1.16. The van der Waals surface area contributed by atoms with Crippen LogP contribution in [0.15, 0.2) is 6.07 Å². The summed E-state index contributed by atoms with van der Waals surface area (Å²) in [7, 11) is 2.05. The zero-order valence-corrected chi connectivity index (χ0v) is 11.0. The van der Waals surface area contributed by atoms with Crippen molar-refractivity contribution >= 4 is 5.95 Å². The first-order chi connectivity index (χ1) is 8.17. The molecule has 0 unspecified atom stereocenters. The fraction of sp³-hybridized carbons (Fsp3) is 0.692. The molecule has 0 aliphatic heterocycles. The molecule has 0 atom stereocenters. The van der Waals surface area contributed by atoms with Crippen LogP contribution in [0.1, 0.15) is 37.1 Å². The standard InChI is InChI=1S/C13H22N4/c1-9-8-10(2)16-13(15-9)17-12-6-4-11(14-3)5-7-12/h8,11-12,14H,4-7H2,1-3H3,(H,15,16,17). The predicted octanol–water partition coefficient (Wildman–Crippen LogP) is 2.04. The molecule has 94 valence electrons. The van der Waals surface area contributed by atoms with Gasteiger partial charge in [0.05, 0.1) is 0 Å². The number of hydrogen-bond donors (Lipinski definition) is 2. The molecule has 1 aliphatic rings. The van der Waals surface area contributed by atoms with Gasteiger partial charge in [0.2, 0.25) is 5.95 Å². The molecule has 4 heteroatoms. The maximum Gasteiger partial charge on any atom is 0.223 e. The lowest BCUT2D eigenvalue weighted by Crippen LogP contribution is -2.35. The summed E-state index contributed by atoms with van der Waals surface area (Å²) in [6.45, 7) is 4.02. The van der Waals surface area contributed by atoms with Crippen LogP contribution in [-0.2, 0) is 0 Å². The van der Waals surface area contributed by atoms with E-state index in [0.29, 0.717) is 12.1 Å². The van der Waals surface area contributed by atoms with Gasteiger partial charge in [-0.05, 0) is 52.6 Å². The largest absolute Gasteiger partial charge is 0.351 e. The van der Waals surface area contributed by atoms with Gasteiger partial charge in [-0.1, -0.05) is 0 Å². The van der Waals surface area contributed by atoms with Gasteiger partial charge < -0.3 is 10.6 Å². The Balaban J connectivity index is 1.93. The van der Waals surface area contributed by atoms with E-state index >= 15 is 0 Å².